The molecule has 0 fully saturated rings. The minimum absolute atomic E-state index is 0.0280. The van der Waals surface area contributed by atoms with Crippen LogP contribution in [0.1, 0.15) is 48.1 Å². The van der Waals surface area contributed by atoms with Crippen LogP contribution in [0.4, 0.5) is 0 Å². The highest BCUT2D eigenvalue weighted by Gasteiger charge is 2.19. The number of aryl methyl sites for hydroxylation is 2. The van der Waals surface area contributed by atoms with Crippen LogP contribution < -0.4 is 10.1 Å². The minimum atomic E-state index is 0.0280. The number of hydrogen-bond donors (Lipinski definition) is 1. The van der Waals surface area contributed by atoms with Crippen molar-refractivity contribution < 1.29 is 9.53 Å². The average Bonchev–Trinajstić information content (AvgIpc) is 2.89. The van der Waals surface area contributed by atoms with E-state index in [1.165, 1.54) is 36.0 Å². The van der Waals surface area contributed by atoms with Gasteiger partial charge in [-0.25, -0.2) is 0 Å². The summed E-state index contributed by atoms with van der Waals surface area (Å²) in [6, 6.07) is 14.8. The van der Waals surface area contributed by atoms with Gasteiger partial charge < -0.3 is 10.1 Å². The fourth-order valence-electron chi connectivity index (χ4n) is 4.11. The second-order valence-electron chi connectivity index (χ2n) is 7.69. The molecule has 0 bridgehead atoms. The second-order valence-corrected chi connectivity index (χ2v) is 7.69. The maximum Gasteiger partial charge on any atom is 0.234 e. The van der Waals surface area contributed by atoms with E-state index in [0.29, 0.717) is 13.2 Å². The van der Waals surface area contributed by atoms with E-state index < -0.39 is 0 Å². The number of benzene rings is 2. The molecular weight excluding hydrogens is 336 g/mol. The van der Waals surface area contributed by atoms with Gasteiger partial charge in [0.1, 0.15) is 12.4 Å². The molecule has 142 valence electrons. The number of fused-ring (bicyclic) bond motifs is 2. The summed E-state index contributed by atoms with van der Waals surface area (Å²) in [5.74, 6) is 1.00. The minimum Gasteiger partial charge on any atom is -0.492 e. The molecule has 1 atom stereocenters. The monoisotopic (exact) mass is 364 g/mol. The second kappa shape index (κ2) is 8.13. The molecule has 0 saturated heterocycles. The highest BCUT2D eigenvalue weighted by molar-refractivity contribution is 5.78. The first kappa shape index (κ1) is 18.1. The van der Waals surface area contributed by atoms with Gasteiger partial charge in [-0.3, -0.25) is 9.69 Å². The van der Waals surface area contributed by atoms with Gasteiger partial charge in [0.2, 0.25) is 5.91 Å². The van der Waals surface area contributed by atoms with Gasteiger partial charge in [-0.1, -0.05) is 36.4 Å². The number of rotatable bonds is 4. The maximum absolute atomic E-state index is 12.6. The molecule has 0 radical (unpaired) electrons. The molecule has 2 aromatic rings. The van der Waals surface area contributed by atoms with E-state index in [0.717, 1.165) is 30.8 Å². The summed E-state index contributed by atoms with van der Waals surface area (Å²) in [5, 5.41) is 3.17. The highest BCUT2D eigenvalue weighted by Crippen LogP contribution is 2.25. The zero-order valence-corrected chi connectivity index (χ0v) is 16.0. The third kappa shape index (κ3) is 4.33. The molecule has 0 saturated carbocycles. The topological polar surface area (TPSA) is 41.6 Å². The Labute approximate surface area is 161 Å². The van der Waals surface area contributed by atoms with Crippen LogP contribution in [0.5, 0.6) is 5.75 Å². The first-order valence-electron chi connectivity index (χ1n) is 10.0. The van der Waals surface area contributed by atoms with E-state index in [2.05, 4.69) is 41.4 Å². The standard InChI is InChI=1S/C23H28N2O2/c1-17(19-11-10-18-6-2-3-7-20(18)14-19)24-23(26)16-25-12-13-27-22-9-5-4-8-21(22)15-25/h4-5,8-11,14,17H,2-3,6-7,12-13,15-16H2,1H3,(H,24,26). The average molecular weight is 364 g/mol. The van der Waals surface area contributed by atoms with Gasteiger partial charge in [0.25, 0.3) is 0 Å². The Morgan fingerprint density at radius 1 is 1.11 bits per heavy atom. The van der Waals surface area contributed by atoms with Gasteiger partial charge in [0.05, 0.1) is 12.6 Å². The summed E-state index contributed by atoms with van der Waals surface area (Å²) >= 11 is 0. The van der Waals surface area contributed by atoms with Gasteiger partial charge in [-0.15, -0.1) is 0 Å². The number of carbonyl (C=O) groups excluding carboxylic acids is 1. The number of carbonyl (C=O) groups is 1. The van der Waals surface area contributed by atoms with Crippen molar-refractivity contribution in [3.8, 4) is 5.75 Å². The lowest BCUT2D eigenvalue weighted by Gasteiger charge is -2.22. The molecule has 4 rings (SSSR count). The van der Waals surface area contributed by atoms with Crippen molar-refractivity contribution in [3.05, 3.63) is 64.7 Å². The van der Waals surface area contributed by atoms with Crippen LogP contribution >= 0.6 is 0 Å². The van der Waals surface area contributed by atoms with Crippen molar-refractivity contribution in [2.24, 2.45) is 0 Å². The van der Waals surface area contributed by atoms with Crippen LogP contribution in [0.3, 0.4) is 0 Å². The van der Waals surface area contributed by atoms with Crippen molar-refractivity contribution >= 4 is 5.91 Å². The largest absolute Gasteiger partial charge is 0.492 e. The van der Waals surface area contributed by atoms with E-state index in [4.69, 9.17) is 4.74 Å². The molecule has 0 spiro atoms. The fraction of sp³-hybridized carbons (Fsp3) is 0.435. The Balaban J connectivity index is 1.36. The van der Waals surface area contributed by atoms with Crippen molar-refractivity contribution in [1.82, 2.24) is 10.2 Å². The number of amides is 1. The van der Waals surface area contributed by atoms with Crippen LogP contribution in [0.2, 0.25) is 0 Å². The summed E-state index contributed by atoms with van der Waals surface area (Å²) in [6.07, 6.45) is 4.92. The number of hydrogen-bond acceptors (Lipinski definition) is 3. The maximum atomic E-state index is 12.6. The number of nitrogens with one attached hydrogen (secondary N) is 1. The molecular formula is C23H28N2O2. The SMILES string of the molecule is CC(NC(=O)CN1CCOc2ccccc2C1)c1ccc2c(c1)CCCC2. The zero-order chi connectivity index (χ0) is 18.6. The van der Waals surface area contributed by atoms with Crippen LogP contribution in [-0.4, -0.2) is 30.5 Å². The molecule has 1 aliphatic heterocycles. The first-order valence-corrected chi connectivity index (χ1v) is 10.0. The van der Waals surface area contributed by atoms with Crippen LogP contribution in [-0.2, 0) is 24.2 Å². The van der Waals surface area contributed by atoms with E-state index in [1.54, 1.807) is 0 Å². The van der Waals surface area contributed by atoms with Crippen molar-refractivity contribution in [2.45, 2.75) is 45.2 Å². The Hall–Kier alpha value is -2.33. The first-order chi connectivity index (χ1) is 13.2. The lowest BCUT2D eigenvalue weighted by atomic mass is 9.89. The lowest BCUT2D eigenvalue weighted by molar-refractivity contribution is -0.123. The van der Waals surface area contributed by atoms with Gasteiger partial charge in [0.15, 0.2) is 0 Å². The number of nitrogens with zero attached hydrogens (tertiary/aromatic N) is 1. The normalized spacial score (nSPS) is 17.8. The molecule has 4 heteroatoms. The molecule has 1 amide bonds. The quantitative estimate of drug-likeness (QED) is 0.901. The van der Waals surface area contributed by atoms with Gasteiger partial charge in [-0.2, -0.15) is 0 Å². The van der Waals surface area contributed by atoms with Crippen molar-refractivity contribution in [3.63, 3.8) is 0 Å². The highest BCUT2D eigenvalue weighted by atomic mass is 16.5. The molecule has 1 unspecified atom stereocenters. The summed E-state index contributed by atoms with van der Waals surface area (Å²) < 4.78 is 5.79. The fourth-order valence-corrected chi connectivity index (χ4v) is 4.11. The predicted molar refractivity (Wildman–Crippen MR) is 107 cm³/mol. The van der Waals surface area contributed by atoms with Crippen LogP contribution in [0.15, 0.2) is 42.5 Å². The number of ether oxygens (including phenoxy) is 1. The van der Waals surface area contributed by atoms with Gasteiger partial charge in [-0.05, 0) is 55.4 Å². The third-order valence-corrected chi connectivity index (χ3v) is 5.65. The lowest BCUT2D eigenvalue weighted by Crippen LogP contribution is -2.39. The van der Waals surface area contributed by atoms with E-state index in [9.17, 15) is 4.79 Å². The van der Waals surface area contributed by atoms with Gasteiger partial charge >= 0.3 is 0 Å². The predicted octanol–water partition coefficient (Wildman–Crippen LogP) is 3.64. The summed E-state index contributed by atoms with van der Waals surface area (Å²) in [5.41, 5.74) is 5.28. The Morgan fingerprint density at radius 3 is 2.81 bits per heavy atom. The Kier molecular flexibility index (Phi) is 5.44. The van der Waals surface area contributed by atoms with E-state index in [1.807, 2.05) is 18.2 Å². The molecule has 1 aliphatic carbocycles. The molecule has 1 N–H and O–H groups in total. The van der Waals surface area contributed by atoms with Gasteiger partial charge in [0, 0.05) is 18.7 Å². The van der Waals surface area contributed by atoms with E-state index in [-0.39, 0.29) is 11.9 Å². The Morgan fingerprint density at radius 2 is 1.93 bits per heavy atom. The third-order valence-electron chi connectivity index (χ3n) is 5.65. The van der Waals surface area contributed by atoms with Crippen molar-refractivity contribution in [2.75, 3.05) is 19.7 Å². The zero-order valence-electron chi connectivity index (χ0n) is 16.0. The number of para-hydroxylation sites is 1. The summed E-state index contributed by atoms with van der Waals surface area (Å²) in [4.78, 5) is 14.8. The Bertz CT molecular complexity index is 818. The smallest absolute Gasteiger partial charge is 0.234 e. The molecule has 2 aromatic carbocycles. The molecule has 2 aliphatic rings. The van der Waals surface area contributed by atoms with Crippen LogP contribution in [0.25, 0.3) is 0 Å². The van der Waals surface area contributed by atoms with Crippen molar-refractivity contribution in [1.29, 1.82) is 0 Å². The summed E-state index contributed by atoms with van der Waals surface area (Å²) in [7, 11) is 0. The summed E-state index contributed by atoms with van der Waals surface area (Å²) in [6.45, 7) is 4.59. The molecule has 4 nitrogen and oxygen atoms in total. The molecule has 0 aromatic heterocycles. The van der Waals surface area contributed by atoms with Crippen LogP contribution in [0, 0.1) is 0 Å². The molecule has 1 heterocycles. The van der Waals surface area contributed by atoms with E-state index >= 15 is 0 Å². The molecule has 27 heavy (non-hydrogen) atoms.